The average molecular weight is 386 g/mol. The second kappa shape index (κ2) is 8.16. The standard InChI is InChI=1S/C16H18N8O4/c1-4-10-13(19-23-24(10)15-14(17)21-28-22-15)16(25)20-18-8-9-5-6-11(26-2)12(7-9)27-3/h5-8H,4H2,1-3H3,(H2,17,21)(H,20,25)/b18-8-. The van der Waals surface area contributed by atoms with Crippen LogP contribution in [0.5, 0.6) is 11.5 Å². The van der Waals surface area contributed by atoms with Crippen molar-refractivity contribution in [2.24, 2.45) is 5.10 Å². The summed E-state index contributed by atoms with van der Waals surface area (Å²) in [6.45, 7) is 1.84. The Balaban J connectivity index is 1.76. The number of ether oxygens (including phenoxy) is 2. The molecule has 2 heterocycles. The fourth-order valence-corrected chi connectivity index (χ4v) is 2.45. The van der Waals surface area contributed by atoms with Crippen LogP contribution in [0.25, 0.3) is 5.82 Å². The summed E-state index contributed by atoms with van der Waals surface area (Å²) in [6, 6.07) is 5.23. The highest BCUT2D eigenvalue weighted by molar-refractivity contribution is 5.94. The lowest BCUT2D eigenvalue weighted by Gasteiger charge is -2.07. The van der Waals surface area contributed by atoms with Gasteiger partial charge in [-0.15, -0.1) is 5.10 Å². The van der Waals surface area contributed by atoms with Gasteiger partial charge in [-0.1, -0.05) is 12.1 Å². The van der Waals surface area contributed by atoms with E-state index in [9.17, 15) is 4.79 Å². The molecule has 0 unspecified atom stereocenters. The van der Waals surface area contributed by atoms with E-state index >= 15 is 0 Å². The molecule has 0 atom stereocenters. The van der Waals surface area contributed by atoms with Gasteiger partial charge in [-0.25, -0.2) is 10.1 Å². The van der Waals surface area contributed by atoms with Gasteiger partial charge < -0.3 is 15.2 Å². The van der Waals surface area contributed by atoms with Crippen molar-refractivity contribution in [3.8, 4) is 17.3 Å². The molecule has 1 aromatic carbocycles. The SMILES string of the molecule is CCc1c(C(=O)N/N=C\c2ccc(OC)c(OC)c2)nnn1-c1nonc1N. The normalized spacial score (nSPS) is 11.0. The van der Waals surface area contributed by atoms with E-state index in [0.717, 1.165) is 0 Å². The van der Waals surface area contributed by atoms with Crippen LogP contribution in [-0.4, -0.2) is 51.6 Å². The van der Waals surface area contributed by atoms with Gasteiger partial charge in [-0.3, -0.25) is 4.79 Å². The number of nitrogens with zero attached hydrogens (tertiary/aromatic N) is 6. The molecule has 0 radical (unpaired) electrons. The lowest BCUT2D eigenvalue weighted by atomic mass is 10.2. The number of hydrazone groups is 1. The lowest BCUT2D eigenvalue weighted by molar-refractivity contribution is 0.0949. The van der Waals surface area contributed by atoms with Gasteiger partial charge in [0.2, 0.25) is 11.6 Å². The van der Waals surface area contributed by atoms with Crippen LogP contribution in [0, 0.1) is 0 Å². The van der Waals surface area contributed by atoms with Gasteiger partial charge in [-0.2, -0.15) is 9.78 Å². The third-order valence-corrected chi connectivity index (χ3v) is 3.80. The number of hydrogen-bond donors (Lipinski definition) is 2. The Morgan fingerprint density at radius 3 is 2.75 bits per heavy atom. The van der Waals surface area contributed by atoms with E-state index in [-0.39, 0.29) is 17.3 Å². The number of benzene rings is 1. The summed E-state index contributed by atoms with van der Waals surface area (Å²) in [5, 5.41) is 18.9. The number of hydrogen-bond acceptors (Lipinski definition) is 10. The number of nitrogen functional groups attached to an aromatic ring is 1. The zero-order chi connectivity index (χ0) is 20.1. The zero-order valence-corrected chi connectivity index (χ0v) is 15.4. The molecular formula is C16H18N8O4. The number of carbonyl (C=O) groups is 1. The van der Waals surface area contributed by atoms with Gasteiger partial charge in [-0.05, 0) is 40.5 Å². The number of nitrogens with two attached hydrogens (primary N) is 1. The molecular weight excluding hydrogens is 368 g/mol. The van der Waals surface area contributed by atoms with Crippen LogP contribution in [0.2, 0.25) is 0 Å². The van der Waals surface area contributed by atoms with E-state index in [0.29, 0.717) is 29.2 Å². The predicted molar refractivity (Wildman–Crippen MR) is 97.6 cm³/mol. The second-order valence-corrected chi connectivity index (χ2v) is 5.44. The maximum Gasteiger partial charge on any atom is 0.293 e. The Labute approximate surface area is 159 Å². The number of aromatic nitrogens is 5. The molecule has 146 valence electrons. The van der Waals surface area contributed by atoms with Crippen LogP contribution >= 0.6 is 0 Å². The molecule has 3 rings (SSSR count). The number of methoxy groups -OCH3 is 2. The van der Waals surface area contributed by atoms with E-state index < -0.39 is 5.91 Å². The first-order chi connectivity index (χ1) is 13.6. The maximum atomic E-state index is 12.4. The van der Waals surface area contributed by atoms with E-state index in [2.05, 4.69) is 35.8 Å². The summed E-state index contributed by atoms with van der Waals surface area (Å²) in [5.74, 6) is 0.812. The molecule has 12 nitrogen and oxygen atoms in total. The van der Waals surface area contributed by atoms with Crippen molar-refractivity contribution in [3.05, 3.63) is 35.2 Å². The topological polar surface area (TPSA) is 156 Å². The van der Waals surface area contributed by atoms with Crippen molar-refractivity contribution in [1.82, 2.24) is 30.7 Å². The van der Waals surface area contributed by atoms with E-state index in [4.69, 9.17) is 15.2 Å². The predicted octanol–water partition coefficient (Wildman–Crippen LogP) is 0.576. The van der Waals surface area contributed by atoms with E-state index in [1.807, 2.05) is 6.92 Å². The third-order valence-electron chi connectivity index (χ3n) is 3.80. The molecule has 2 aromatic heterocycles. The molecule has 3 aromatic rings. The van der Waals surface area contributed by atoms with Crippen molar-refractivity contribution in [3.63, 3.8) is 0 Å². The van der Waals surface area contributed by atoms with E-state index in [1.54, 1.807) is 25.3 Å². The highest BCUT2D eigenvalue weighted by atomic mass is 16.6. The highest BCUT2D eigenvalue weighted by Crippen LogP contribution is 2.26. The molecule has 1 amide bonds. The van der Waals surface area contributed by atoms with Crippen LogP contribution in [0.4, 0.5) is 5.82 Å². The molecule has 0 aliphatic rings. The first-order valence-corrected chi connectivity index (χ1v) is 8.17. The number of rotatable bonds is 7. The van der Waals surface area contributed by atoms with Crippen LogP contribution in [0.3, 0.4) is 0 Å². The summed E-state index contributed by atoms with van der Waals surface area (Å²) >= 11 is 0. The summed E-state index contributed by atoms with van der Waals surface area (Å²) in [7, 11) is 3.08. The van der Waals surface area contributed by atoms with Crippen molar-refractivity contribution >= 4 is 17.9 Å². The zero-order valence-electron chi connectivity index (χ0n) is 15.4. The maximum absolute atomic E-state index is 12.4. The van der Waals surface area contributed by atoms with Crippen molar-refractivity contribution < 1.29 is 18.9 Å². The molecule has 28 heavy (non-hydrogen) atoms. The Kier molecular flexibility index (Phi) is 5.48. The van der Waals surface area contributed by atoms with Crippen LogP contribution in [0.1, 0.15) is 28.7 Å². The highest BCUT2D eigenvalue weighted by Gasteiger charge is 2.22. The lowest BCUT2D eigenvalue weighted by Crippen LogP contribution is -2.20. The van der Waals surface area contributed by atoms with Gasteiger partial charge in [0.15, 0.2) is 17.2 Å². The summed E-state index contributed by atoms with van der Waals surface area (Å²) in [4.78, 5) is 12.4. The number of anilines is 1. The Bertz CT molecular complexity index is 1010. The molecule has 0 bridgehead atoms. The van der Waals surface area contributed by atoms with E-state index in [1.165, 1.54) is 18.0 Å². The Hall–Kier alpha value is -3.96. The Morgan fingerprint density at radius 1 is 1.32 bits per heavy atom. The Morgan fingerprint density at radius 2 is 2.11 bits per heavy atom. The van der Waals surface area contributed by atoms with Gasteiger partial charge in [0.1, 0.15) is 0 Å². The molecule has 0 saturated carbocycles. The van der Waals surface area contributed by atoms with Gasteiger partial charge in [0, 0.05) is 0 Å². The molecule has 3 N–H and O–H groups in total. The average Bonchev–Trinajstić information content (AvgIpc) is 3.32. The molecule has 0 saturated heterocycles. The monoisotopic (exact) mass is 386 g/mol. The fraction of sp³-hybridized carbons (Fsp3) is 0.250. The number of carbonyl (C=O) groups excluding carboxylic acids is 1. The van der Waals surface area contributed by atoms with Crippen LogP contribution < -0.4 is 20.6 Å². The van der Waals surface area contributed by atoms with Gasteiger partial charge in [0.05, 0.1) is 26.1 Å². The summed E-state index contributed by atoms with van der Waals surface area (Å²) < 4.78 is 16.3. The summed E-state index contributed by atoms with van der Waals surface area (Å²) in [5.41, 5.74) is 9.37. The third kappa shape index (κ3) is 3.60. The molecule has 0 aliphatic heterocycles. The van der Waals surface area contributed by atoms with Crippen LogP contribution in [0.15, 0.2) is 27.9 Å². The first kappa shape index (κ1) is 18.8. The molecule has 0 fully saturated rings. The van der Waals surface area contributed by atoms with Crippen molar-refractivity contribution in [1.29, 1.82) is 0 Å². The minimum atomic E-state index is -0.533. The molecule has 0 aliphatic carbocycles. The number of amides is 1. The molecule has 12 heteroatoms. The van der Waals surface area contributed by atoms with Crippen LogP contribution in [-0.2, 0) is 6.42 Å². The fourth-order valence-electron chi connectivity index (χ4n) is 2.45. The van der Waals surface area contributed by atoms with Crippen molar-refractivity contribution in [2.75, 3.05) is 20.0 Å². The van der Waals surface area contributed by atoms with Crippen molar-refractivity contribution in [2.45, 2.75) is 13.3 Å². The summed E-state index contributed by atoms with van der Waals surface area (Å²) in [6.07, 6.45) is 1.91. The quantitative estimate of drug-likeness (QED) is 0.438. The minimum Gasteiger partial charge on any atom is -0.493 e. The number of nitrogens with one attached hydrogen (secondary N) is 1. The first-order valence-electron chi connectivity index (χ1n) is 8.17. The molecule has 0 spiro atoms. The second-order valence-electron chi connectivity index (χ2n) is 5.44. The van der Waals surface area contributed by atoms with Gasteiger partial charge >= 0.3 is 0 Å². The smallest absolute Gasteiger partial charge is 0.293 e. The largest absolute Gasteiger partial charge is 0.493 e. The van der Waals surface area contributed by atoms with Gasteiger partial charge in [0.25, 0.3) is 5.91 Å². The minimum absolute atomic E-state index is 0.0398.